The molecule has 0 aliphatic carbocycles. The molecular formula is C16H13ClN2OS2. The Balaban J connectivity index is 1.49. The highest BCUT2D eigenvalue weighted by molar-refractivity contribution is 7.99. The molecule has 0 saturated carbocycles. The van der Waals surface area contributed by atoms with Gasteiger partial charge in [-0.3, -0.25) is 4.79 Å². The van der Waals surface area contributed by atoms with Crippen LogP contribution in [0.25, 0.3) is 10.2 Å². The summed E-state index contributed by atoms with van der Waals surface area (Å²) >= 11 is 9.05. The number of anilines is 1. The molecule has 0 spiro atoms. The Kier molecular flexibility index (Phi) is 4.97. The van der Waals surface area contributed by atoms with Crippen LogP contribution in [0.1, 0.15) is 5.01 Å². The number of hydrogen-bond acceptors (Lipinski definition) is 4. The quantitative estimate of drug-likeness (QED) is 0.718. The van der Waals surface area contributed by atoms with Gasteiger partial charge in [0.2, 0.25) is 5.91 Å². The van der Waals surface area contributed by atoms with Crippen molar-refractivity contribution in [2.24, 2.45) is 0 Å². The first kappa shape index (κ1) is 15.3. The highest BCUT2D eigenvalue weighted by Gasteiger charge is 2.06. The van der Waals surface area contributed by atoms with Gasteiger partial charge < -0.3 is 5.32 Å². The van der Waals surface area contributed by atoms with Crippen LogP contribution in [0.2, 0.25) is 5.02 Å². The zero-order valence-electron chi connectivity index (χ0n) is 11.6. The number of benzene rings is 2. The summed E-state index contributed by atoms with van der Waals surface area (Å²) in [6.45, 7) is 0. The predicted molar refractivity (Wildman–Crippen MR) is 95.9 cm³/mol. The van der Waals surface area contributed by atoms with Crippen LogP contribution in [0.4, 0.5) is 5.69 Å². The molecule has 1 heterocycles. The molecule has 1 aromatic heterocycles. The molecule has 0 aliphatic heterocycles. The third-order valence-electron chi connectivity index (χ3n) is 2.92. The van der Waals surface area contributed by atoms with Gasteiger partial charge in [0.1, 0.15) is 5.01 Å². The maximum Gasteiger partial charge on any atom is 0.234 e. The van der Waals surface area contributed by atoms with E-state index in [1.807, 2.05) is 18.2 Å². The van der Waals surface area contributed by atoms with E-state index in [9.17, 15) is 4.79 Å². The lowest BCUT2D eigenvalue weighted by Gasteiger charge is -2.04. The van der Waals surface area contributed by atoms with Gasteiger partial charge in [-0.2, -0.15) is 0 Å². The molecule has 0 bridgehead atoms. The summed E-state index contributed by atoms with van der Waals surface area (Å²) in [4.78, 5) is 16.4. The molecule has 22 heavy (non-hydrogen) atoms. The van der Waals surface area contributed by atoms with Crippen LogP contribution in [0.15, 0.2) is 48.5 Å². The third-order valence-corrected chi connectivity index (χ3v) is 5.34. The number of carbonyl (C=O) groups is 1. The minimum absolute atomic E-state index is 0.0200. The van der Waals surface area contributed by atoms with Crippen molar-refractivity contribution in [3.8, 4) is 0 Å². The van der Waals surface area contributed by atoms with Crippen molar-refractivity contribution < 1.29 is 4.79 Å². The second kappa shape index (κ2) is 7.13. The first-order valence-electron chi connectivity index (χ1n) is 6.68. The molecule has 1 amide bonds. The predicted octanol–water partition coefficient (Wildman–Crippen LogP) is 4.82. The number of carbonyl (C=O) groups excluding carboxylic acids is 1. The van der Waals surface area contributed by atoms with Crippen LogP contribution in [0, 0.1) is 0 Å². The average Bonchev–Trinajstić information content (AvgIpc) is 2.92. The molecule has 3 aromatic rings. The summed E-state index contributed by atoms with van der Waals surface area (Å²) in [5.74, 6) is 1.12. The number of fused-ring (bicyclic) bond motifs is 1. The fourth-order valence-corrected chi connectivity index (χ4v) is 3.92. The van der Waals surface area contributed by atoms with Gasteiger partial charge >= 0.3 is 0 Å². The second-order valence-electron chi connectivity index (χ2n) is 4.62. The number of halogens is 1. The summed E-state index contributed by atoms with van der Waals surface area (Å²) in [7, 11) is 0. The summed E-state index contributed by atoms with van der Waals surface area (Å²) in [6, 6.07) is 15.2. The SMILES string of the molecule is O=C(CSCc1nc2ccccc2s1)Nc1ccc(Cl)cc1. The smallest absolute Gasteiger partial charge is 0.234 e. The van der Waals surface area contributed by atoms with Crippen LogP contribution >= 0.6 is 34.7 Å². The minimum atomic E-state index is -0.0200. The van der Waals surface area contributed by atoms with E-state index in [1.165, 1.54) is 4.70 Å². The summed E-state index contributed by atoms with van der Waals surface area (Å²) in [5.41, 5.74) is 1.78. The van der Waals surface area contributed by atoms with Crippen molar-refractivity contribution >= 4 is 56.5 Å². The molecular weight excluding hydrogens is 336 g/mol. The normalized spacial score (nSPS) is 10.8. The standard InChI is InChI=1S/C16H13ClN2OS2/c17-11-5-7-12(8-6-11)18-15(20)9-21-10-16-19-13-3-1-2-4-14(13)22-16/h1-8H,9-10H2,(H,18,20). The number of nitrogens with zero attached hydrogens (tertiary/aromatic N) is 1. The Morgan fingerprint density at radius 1 is 1.18 bits per heavy atom. The number of thiazole rings is 1. The maximum absolute atomic E-state index is 11.9. The van der Waals surface area contributed by atoms with Crippen LogP contribution in [-0.4, -0.2) is 16.6 Å². The Morgan fingerprint density at radius 2 is 1.95 bits per heavy atom. The number of para-hydroxylation sites is 1. The zero-order chi connectivity index (χ0) is 15.4. The number of nitrogens with one attached hydrogen (secondary N) is 1. The Morgan fingerprint density at radius 3 is 2.73 bits per heavy atom. The largest absolute Gasteiger partial charge is 0.325 e. The first-order chi connectivity index (χ1) is 10.7. The highest BCUT2D eigenvalue weighted by atomic mass is 35.5. The Labute approximate surface area is 141 Å². The lowest BCUT2D eigenvalue weighted by atomic mass is 10.3. The Hall–Kier alpha value is -1.56. The zero-order valence-corrected chi connectivity index (χ0v) is 14.0. The molecule has 0 atom stereocenters. The lowest BCUT2D eigenvalue weighted by molar-refractivity contribution is -0.113. The van der Waals surface area contributed by atoms with Crippen LogP contribution in [-0.2, 0) is 10.5 Å². The van der Waals surface area contributed by atoms with Crippen LogP contribution in [0.5, 0.6) is 0 Å². The van der Waals surface area contributed by atoms with Crippen molar-refractivity contribution in [2.75, 3.05) is 11.1 Å². The molecule has 112 valence electrons. The van der Waals surface area contributed by atoms with Gasteiger partial charge in [-0.15, -0.1) is 23.1 Å². The van der Waals surface area contributed by atoms with E-state index in [0.29, 0.717) is 10.8 Å². The van der Waals surface area contributed by atoms with Crippen molar-refractivity contribution in [3.63, 3.8) is 0 Å². The molecule has 6 heteroatoms. The summed E-state index contributed by atoms with van der Waals surface area (Å²) in [6.07, 6.45) is 0. The third kappa shape index (κ3) is 4.00. The number of hydrogen-bond donors (Lipinski definition) is 1. The molecule has 0 saturated heterocycles. The van der Waals surface area contributed by atoms with Crippen molar-refractivity contribution in [1.82, 2.24) is 4.98 Å². The molecule has 1 N–H and O–H groups in total. The second-order valence-corrected chi connectivity index (χ2v) is 7.16. The summed E-state index contributed by atoms with van der Waals surface area (Å²) in [5, 5.41) is 4.55. The highest BCUT2D eigenvalue weighted by Crippen LogP contribution is 2.24. The fraction of sp³-hybridized carbons (Fsp3) is 0.125. The Bertz CT molecular complexity index is 753. The number of rotatable bonds is 5. The van der Waals surface area contributed by atoms with Crippen molar-refractivity contribution in [1.29, 1.82) is 0 Å². The summed E-state index contributed by atoms with van der Waals surface area (Å²) < 4.78 is 1.18. The lowest BCUT2D eigenvalue weighted by Crippen LogP contribution is -2.13. The fourth-order valence-electron chi connectivity index (χ4n) is 1.94. The number of aromatic nitrogens is 1. The average molecular weight is 349 g/mol. The molecule has 0 fully saturated rings. The minimum Gasteiger partial charge on any atom is -0.325 e. The van der Waals surface area contributed by atoms with Gasteiger partial charge in [-0.25, -0.2) is 4.98 Å². The van der Waals surface area contributed by atoms with E-state index in [2.05, 4.69) is 16.4 Å². The molecule has 0 radical (unpaired) electrons. The number of thioether (sulfide) groups is 1. The van der Waals surface area contributed by atoms with Gasteiger partial charge in [0, 0.05) is 16.5 Å². The first-order valence-corrected chi connectivity index (χ1v) is 9.03. The maximum atomic E-state index is 11.9. The van der Waals surface area contributed by atoms with Gasteiger partial charge in [-0.1, -0.05) is 23.7 Å². The van der Waals surface area contributed by atoms with Crippen LogP contribution in [0.3, 0.4) is 0 Å². The van der Waals surface area contributed by atoms with E-state index in [4.69, 9.17) is 11.6 Å². The van der Waals surface area contributed by atoms with Gasteiger partial charge in [0.15, 0.2) is 0 Å². The topological polar surface area (TPSA) is 42.0 Å². The van der Waals surface area contributed by atoms with E-state index in [0.717, 1.165) is 22.0 Å². The molecule has 0 unspecified atom stereocenters. The van der Waals surface area contributed by atoms with Gasteiger partial charge in [-0.05, 0) is 36.4 Å². The molecule has 3 nitrogen and oxygen atoms in total. The monoisotopic (exact) mass is 348 g/mol. The molecule has 2 aromatic carbocycles. The van der Waals surface area contributed by atoms with E-state index < -0.39 is 0 Å². The van der Waals surface area contributed by atoms with E-state index in [1.54, 1.807) is 47.4 Å². The van der Waals surface area contributed by atoms with Crippen molar-refractivity contribution in [3.05, 3.63) is 58.6 Å². The van der Waals surface area contributed by atoms with E-state index >= 15 is 0 Å². The van der Waals surface area contributed by atoms with E-state index in [-0.39, 0.29) is 5.91 Å². The van der Waals surface area contributed by atoms with Gasteiger partial charge in [0.05, 0.1) is 16.0 Å². The molecule has 0 aliphatic rings. The van der Waals surface area contributed by atoms with Crippen LogP contribution < -0.4 is 5.32 Å². The molecule has 3 rings (SSSR count). The number of amides is 1. The van der Waals surface area contributed by atoms with Crippen molar-refractivity contribution in [2.45, 2.75) is 5.75 Å². The van der Waals surface area contributed by atoms with Gasteiger partial charge in [0.25, 0.3) is 0 Å².